The number of aromatic amines is 1. The summed E-state index contributed by atoms with van der Waals surface area (Å²) in [5, 5.41) is 16.5. The Morgan fingerprint density at radius 1 is 1.42 bits per heavy atom. The Hall–Kier alpha value is -1.38. The van der Waals surface area contributed by atoms with Crippen LogP contribution in [0.4, 0.5) is 5.13 Å². The van der Waals surface area contributed by atoms with E-state index in [0.717, 1.165) is 5.56 Å². The maximum atomic E-state index is 12.0. The number of nitrogens with one attached hydrogen (secondary N) is 1. The van der Waals surface area contributed by atoms with Crippen LogP contribution in [0.1, 0.15) is 10.9 Å². The molecular weight excluding hydrogens is 302 g/mol. The maximum absolute atomic E-state index is 12.0. The smallest absolute Gasteiger partial charge is 0.240 e. The van der Waals surface area contributed by atoms with Gasteiger partial charge >= 0.3 is 0 Å². The number of hydrogen-bond acceptors (Lipinski definition) is 6. The Bertz CT molecular complexity index is 664. The van der Waals surface area contributed by atoms with Gasteiger partial charge in [-0.1, -0.05) is 23.5 Å². The Morgan fingerprint density at radius 2 is 2.16 bits per heavy atom. The highest BCUT2D eigenvalue weighted by molar-refractivity contribution is 8.00. The Morgan fingerprint density at radius 3 is 2.79 bits per heavy atom. The molecule has 1 aliphatic rings. The Labute approximate surface area is 122 Å². The lowest BCUT2D eigenvalue weighted by Crippen LogP contribution is -2.27. The summed E-state index contributed by atoms with van der Waals surface area (Å²) >= 11 is 7.82. The van der Waals surface area contributed by atoms with Gasteiger partial charge in [-0.15, -0.1) is 16.9 Å². The molecule has 1 fully saturated rings. The molecule has 2 N–H and O–H groups in total. The van der Waals surface area contributed by atoms with Gasteiger partial charge in [0.05, 0.1) is 5.75 Å². The lowest BCUT2D eigenvalue weighted by atomic mass is 10.2. The van der Waals surface area contributed by atoms with Gasteiger partial charge in [0.15, 0.2) is 3.95 Å². The van der Waals surface area contributed by atoms with Gasteiger partial charge in [0.25, 0.3) is 0 Å². The van der Waals surface area contributed by atoms with Crippen LogP contribution in [0.15, 0.2) is 24.3 Å². The van der Waals surface area contributed by atoms with Crippen molar-refractivity contribution in [1.82, 2.24) is 10.2 Å². The summed E-state index contributed by atoms with van der Waals surface area (Å²) in [6.07, 6.45) is 0. The molecule has 1 amide bonds. The highest BCUT2D eigenvalue weighted by atomic mass is 32.2. The van der Waals surface area contributed by atoms with Gasteiger partial charge in [-0.05, 0) is 29.9 Å². The number of hydrogen-bond donors (Lipinski definition) is 2. The number of H-pyrrole nitrogens is 1. The number of rotatable bonds is 2. The summed E-state index contributed by atoms with van der Waals surface area (Å²) in [5.41, 5.74) is 0.953. The van der Waals surface area contributed by atoms with Crippen molar-refractivity contribution >= 4 is 46.4 Å². The second-order valence-electron chi connectivity index (χ2n) is 3.91. The number of nitrogens with zero attached hydrogens (tertiary/aromatic N) is 2. The molecule has 19 heavy (non-hydrogen) atoms. The van der Waals surface area contributed by atoms with Crippen molar-refractivity contribution in [1.29, 1.82) is 0 Å². The van der Waals surface area contributed by atoms with Crippen molar-refractivity contribution in [3.8, 4) is 5.75 Å². The molecule has 5 nitrogen and oxygen atoms in total. The largest absolute Gasteiger partial charge is 0.508 e. The standard InChI is InChI=1S/C11H9N3O2S3/c15-7-3-1-6(2-4-7)9-14(8(16)5-18-9)10-12-13-11(17)19-10/h1-4,9,15H,5H2,(H,13,17). The number of carbonyl (C=O) groups is 1. The molecule has 0 aliphatic carbocycles. The van der Waals surface area contributed by atoms with E-state index in [0.29, 0.717) is 14.8 Å². The summed E-state index contributed by atoms with van der Waals surface area (Å²) in [7, 11) is 0. The lowest BCUT2D eigenvalue weighted by molar-refractivity contribution is -0.115. The van der Waals surface area contributed by atoms with Crippen molar-refractivity contribution in [2.45, 2.75) is 5.37 Å². The molecule has 98 valence electrons. The number of aromatic nitrogens is 2. The van der Waals surface area contributed by atoms with E-state index in [1.54, 1.807) is 17.0 Å². The molecule has 0 spiro atoms. The normalized spacial score (nSPS) is 19.1. The monoisotopic (exact) mass is 311 g/mol. The third-order valence-electron chi connectivity index (χ3n) is 2.68. The molecule has 0 bridgehead atoms. The van der Waals surface area contributed by atoms with Gasteiger partial charge in [0.1, 0.15) is 11.1 Å². The molecule has 2 aromatic rings. The average molecular weight is 311 g/mol. The first kappa shape index (κ1) is 12.6. The first-order valence-corrected chi connectivity index (χ1v) is 7.70. The van der Waals surface area contributed by atoms with Crippen LogP contribution in [0.5, 0.6) is 5.75 Å². The molecule has 0 radical (unpaired) electrons. The second-order valence-corrected chi connectivity index (χ2v) is 6.63. The molecule has 1 aliphatic heterocycles. The number of amides is 1. The predicted octanol–water partition coefficient (Wildman–Crippen LogP) is 2.68. The van der Waals surface area contributed by atoms with Crippen LogP contribution in [-0.2, 0) is 4.79 Å². The Balaban J connectivity index is 1.98. The molecule has 1 saturated heterocycles. The summed E-state index contributed by atoms with van der Waals surface area (Å²) in [6, 6.07) is 6.85. The zero-order valence-electron chi connectivity index (χ0n) is 9.57. The first-order chi connectivity index (χ1) is 9.15. The van der Waals surface area contributed by atoms with E-state index in [1.807, 2.05) is 12.1 Å². The van der Waals surface area contributed by atoms with Crippen LogP contribution >= 0.6 is 35.3 Å². The fourth-order valence-electron chi connectivity index (χ4n) is 1.84. The first-order valence-electron chi connectivity index (χ1n) is 5.43. The fourth-order valence-corrected chi connectivity index (χ4v) is 3.99. The van der Waals surface area contributed by atoms with Gasteiger partial charge in [0, 0.05) is 0 Å². The van der Waals surface area contributed by atoms with E-state index in [4.69, 9.17) is 12.2 Å². The zero-order chi connectivity index (χ0) is 13.4. The SMILES string of the molecule is O=C1CSC(c2ccc(O)cc2)N1c1n[nH]c(=S)s1. The molecule has 0 saturated carbocycles. The third-order valence-corrected chi connectivity index (χ3v) is 4.98. The molecule has 3 rings (SSSR count). The molecule has 1 atom stereocenters. The van der Waals surface area contributed by atoms with Crippen molar-refractivity contribution in [3.63, 3.8) is 0 Å². The fraction of sp³-hybridized carbons (Fsp3) is 0.182. The van der Waals surface area contributed by atoms with Gasteiger partial charge < -0.3 is 5.11 Å². The van der Waals surface area contributed by atoms with Crippen molar-refractivity contribution in [2.24, 2.45) is 0 Å². The molecule has 2 heterocycles. The number of carbonyl (C=O) groups excluding carboxylic acids is 1. The van der Waals surface area contributed by atoms with E-state index in [2.05, 4.69) is 10.2 Å². The van der Waals surface area contributed by atoms with Gasteiger partial charge in [0.2, 0.25) is 11.0 Å². The maximum Gasteiger partial charge on any atom is 0.240 e. The van der Waals surface area contributed by atoms with Gasteiger partial charge in [-0.3, -0.25) is 14.8 Å². The highest BCUT2D eigenvalue weighted by Crippen LogP contribution is 2.42. The minimum atomic E-state index is -0.123. The molecule has 8 heteroatoms. The molecule has 1 aromatic heterocycles. The summed E-state index contributed by atoms with van der Waals surface area (Å²) in [6.45, 7) is 0. The van der Waals surface area contributed by atoms with E-state index < -0.39 is 0 Å². The number of anilines is 1. The van der Waals surface area contributed by atoms with Crippen LogP contribution in [0.2, 0.25) is 0 Å². The van der Waals surface area contributed by atoms with Gasteiger partial charge in [-0.2, -0.15) is 0 Å². The van der Waals surface area contributed by atoms with Crippen LogP contribution < -0.4 is 4.90 Å². The van der Waals surface area contributed by atoms with Crippen molar-refractivity contribution in [2.75, 3.05) is 10.7 Å². The van der Waals surface area contributed by atoms with E-state index in [1.165, 1.54) is 23.1 Å². The lowest BCUT2D eigenvalue weighted by Gasteiger charge is -2.20. The van der Waals surface area contributed by atoms with Crippen LogP contribution in [0.3, 0.4) is 0 Å². The van der Waals surface area contributed by atoms with Crippen LogP contribution in [-0.4, -0.2) is 27.0 Å². The minimum absolute atomic E-state index is 0.0147. The quantitative estimate of drug-likeness (QED) is 0.835. The molecular formula is C11H9N3O2S3. The predicted molar refractivity (Wildman–Crippen MR) is 78.1 cm³/mol. The topological polar surface area (TPSA) is 69.2 Å². The number of phenolic OH excluding ortho intramolecular Hbond substituents is 1. The molecule has 1 unspecified atom stereocenters. The van der Waals surface area contributed by atoms with Gasteiger partial charge in [-0.25, -0.2) is 0 Å². The Kier molecular flexibility index (Phi) is 3.29. The zero-order valence-corrected chi connectivity index (χ0v) is 12.0. The number of benzene rings is 1. The van der Waals surface area contributed by atoms with E-state index in [9.17, 15) is 9.90 Å². The van der Waals surface area contributed by atoms with E-state index >= 15 is 0 Å². The number of aromatic hydroxyl groups is 1. The minimum Gasteiger partial charge on any atom is -0.508 e. The summed E-state index contributed by atoms with van der Waals surface area (Å²) in [4.78, 5) is 13.7. The van der Waals surface area contributed by atoms with E-state index in [-0.39, 0.29) is 17.0 Å². The highest BCUT2D eigenvalue weighted by Gasteiger charge is 2.35. The molecule has 1 aromatic carbocycles. The van der Waals surface area contributed by atoms with Crippen molar-refractivity contribution < 1.29 is 9.90 Å². The third kappa shape index (κ3) is 2.38. The summed E-state index contributed by atoms with van der Waals surface area (Å²) < 4.78 is 0.546. The van der Waals surface area contributed by atoms with Crippen LogP contribution in [0, 0.1) is 3.95 Å². The number of thioether (sulfide) groups is 1. The van der Waals surface area contributed by atoms with Crippen LogP contribution in [0.25, 0.3) is 0 Å². The second kappa shape index (κ2) is 4.95. The average Bonchev–Trinajstić information content (AvgIpc) is 2.96. The van der Waals surface area contributed by atoms with Crippen molar-refractivity contribution in [3.05, 3.63) is 33.8 Å². The summed E-state index contributed by atoms with van der Waals surface area (Å²) in [5.74, 6) is 0.638. The number of phenols is 1.